The van der Waals surface area contributed by atoms with E-state index in [1.54, 1.807) is 6.92 Å². The second-order valence-corrected chi connectivity index (χ2v) is 4.09. The van der Waals surface area contributed by atoms with Crippen molar-refractivity contribution in [1.29, 1.82) is 0 Å². The molecular formula is C12H23NO5. The van der Waals surface area contributed by atoms with E-state index in [0.717, 1.165) is 44.9 Å². The smallest absolute Gasteiger partial charge is 0.305 e. The molecule has 0 aromatic heterocycles. The van der Waals surface area contributed by atoms with E-state index < -0.39 is 5.09 Å². The van der Waals surface area contributed by atoms with E-state index in [1.165, 1.54) is 0 Å². The van der Waals surface area contributed by atoms with Crippen molar-refractivity contribution in [2.45, 2.75) is 58.3 Å². The number of hydrogen-bond acceptors (Lipinski definition) is 5. The van der Waals surface area contributed by atoms with Gasteiger partial charge in [-0.3, -0.25) is 4.79 Å². The molecule has 0 spiro atoms. The first-order chi connectivity index (χ1) is 8.66. The molecule has 0 heterocycles. The van der Waals surface area contributed by atoms with Crippen molar-refractivity contribution in [3.05, 3.63) is 10.1 Å². The normalized spacial score (nSPS) is 10.1. The van der Waals surface area contributed by atoms with E-state index in [1.807, 2.05) is 0 Å². The maximum Gasteiger partial charge on any atom is 0.305 e. The second-order valence-electron chi connectivity index (χ2n) is 4.09. The summed E-state index contributed by atoms with van der Waals surface area (Å²) in [4.78, 5) is 25.1. The van der Waals surface area contributed by atoms with E-state index in [-0.39, 0.29) is 12.6 Å². The molecule has 106 valence electrons. The topological polar surface area (TPSA) is 78.7 Å². The zero-order valence-corrected chi connectivity index (χ0v) is 11.1. The SMILES string of the molecule is CCOC(=O)CCCCCCCCCO[N+](=O)[O-]. The third kappa shape index (κ3) is 12.7. The third-order valence-corrected chi connectivity index (χ3v) is 2.53. The average molecular weight is 261 g/mol. The van der Waals surface area contributed by atoms with Gasteiger partial charge >= 0.3 is 5.97 Å². The van der Waals surface area contributed by atoms with Crippen LogP contribution < -0.4 is 0 Å². The van der Waals surface area contributed by atoms with Crippen LogP contribution in [-0.2, 0) is 14.4 Å². The van der Waals surface area contributed by atoms with Gasteiger partial charge in [0.05, 0.1) is 13.2 Å². The van der Waals surface area contributed by atoms with Crippen LogP contribution in [0.4, 0.5) is 0 Å². The van der Waals surface area contributed by atoms with E-state index >= 15 is 0 Å². The highest BCUT2D eigenvalue weighted by atomic mass is 16.9. The minimum atomic E-state index is -0.755. The Labute approximate surface area is 108 Å². The number of carbonyl (C=O) groups excluding carboxylic acids is 1. The molecule has 0 saturated carbocycles. The molecule has 0 amide bonds. The standard InChI is InChI=1S/C12H23NO5/c1-2-17-12(14)10-8-6-4-3-5-7-9-11-18-13(15)16/h2-11H2,1H3. The minimum Gasteiger partial charge on any atom is -0.466 e. The number of esters is 1. The molecule has 0 N–H and O–H groups in total. The molecule has 0 aromatic rings. The fourth-order valence-electron chi connectivity index (χ4n) is 1.63. The van der Waals surface area contributed by atoms with E-state index in [9.17, 15) is 14.9 Å². The number of rotatable bonds is 12. The van der Waals surface area contributed by atoms with E-state index in [2.05, 4.69) is 4.84 Å². The van der Waals surface area contributed by atoms with Crippen LogP contribution in [0.2, 0.25) is 0 Å². The predicted octanol–water partition coefficient (Wildman–Crippen LogP) is 2.88. The Morgan fingerprint density at radius 2 is 1.61 bits per heavy atom. The van der Waals surface area contributed by atoms with Crippen molar-refractivity contribution in [3.63, 3.8) is 0 Å². The van der Waals surface area contributed by atoms with Crippen molar-refractivity contribution >= 4 is 5.97 Å². The lowest BCUT2D eigenvalue weighted by Gasteiger charge is -2.02. The highest BCUT2D eigenvalue weighted by Crippen LogP contribution is 2.09. The zero-order valence-electron chi connectivity index (χ0n) is 11.1. The number of hydrogen-bond donors (Lipinski definition) is 0. The molecule has 0 fully saturated rings. The van der Waals surface area contributed by atoms with Gasteiger partial charge in [-0.1, -0.05) is 32.1 Å². The maximum absolute atomic E-state index is 11.0. The lowest BCUT2D eigenvalue weighted by Crippen LogP contribution is -2.03. The monoisotopic (exact) mass is 261 g/mol. The number of unbranched alkanes of at least 4 members (excludes halogenated alkanes) is 6. The van der Waals surface area contributed by atoms with Gasteiger partial charge in [-0.25, -0.2) is 0 Å². The molecule has 0 bridgehead atoms. The minimum absolute atomic E-state index is 0.116. The quantitative estimate of drug-likeness (QED) is 0.233. The molecule has 0 aliphatic heterocycles. The molecule has 0 atom stereocenters. The maximum atomic E-state index is 11.0. The molecule has 18 heavy (non-hydrogen) atoms. The molecule has 0 saturated heterocycles. The zero-order chi connectivity index (χ0) is 13.6. The van der Waals surface area contributed by atoms with Crippen molar-refractivity contribution in [2.75, 3.05) is 13.2 Å². The van der Waals surface area contributed by atoms with Crippen LogP contribution in [0, 0.1) is 10.1 Å². The van der Waals surface area contributed by atoms with Crippen molar-refractivity contribution in [2.24, 2.45) is 0 Å². The molecule has 0 rings (SSSR count). The van der Waals surface area contributed by atoms with Gasteiger partial charge in [0.2, 0.25) is 0 Å². The van der Waals surface area contributed by atoms with Gasteiger partial charge in [0.15, 0.2) is 0 Å². The van der Waals surface area contributed by atoms with Gasteiger partial charge in [-0.15, -0.1) is 10.1 Å². The van der Waals surface area contributed by atoms with Crippen molar-refractivity contribution in [1.82, 2.24) is 0 Å². The average Bonchev–Trinajstić information content (AvgIpc) is 2.31. The molecule has 0 unspecified atom stereocenters. The Hall–Kier alpha value is -1.33. The number of nitrogens with zero attached hydrogens (tertiary/aromatic N) is 1. The Bertz CT molecular complexity index is 233. The lowest BCUT2D eigenvalue weighted by atomic mass is 10.1. The van der Waals surface area contributed by atoms with Crippen LogP contribution in [0.3, 0.4) is 0 Å². The first-order valence-corrected chi connectivity index (χ1v) is 6.59. The highest BCUT2D eigenvalue weighted by Gasteiger charge is 2.00. The number of ether oxygens (including phenoxy) is 1. The van der Waals surface area contributed by atoms with Gasteiger partial charge in [0.1, 0.15) is 0 Å². The summed E-state index contributed by atoms with van der Waals surface area (Å²) in [6.07, 6.45) is 7.34. The molecule has 0 radical (unpaired) electrons. The van der Waals surface area contributed by atoms with Crippen LogP contribution in [-0.4, -0.2) is 24.3 Å². The van der Waals surface area contributed by atoms with E-state index in [0.29, 0.717) is 13.0 Å². The predicted molar refractivity (Wildman–Crippen MR) is 66.5 cm³/mol. The molecule has 0 aliphatic carbocycles. The summed E-state index contributed by atoms with van der Waals surface area (Å²) in [5, 5.41) is 9.10. The lowest BCUT2D eigenvalue weighted by molar-refractivity contribution is -0.757. The summed E-state index contributed by atoms with van der Waals surface area (Å²) < 4.78 is 4.83. The molecule has 0 aromatic carbocycles. The fraction of sp³-hybridized carbons (Fsp3) is 0.917. The number of carbonyl (C=O) groups is 1. The third-order valence-electron chi connectivity index (χ3n) is 2.53. The first-order valence-electron chi connectivity index (χ1n) is 6.59. The molecule has 6 heteroatoms. The Balaban J connectivity index is 3.07. The summed E-state index contributed by atoms with van der Waals surface area (Å²) in [5.41, 5.74) is 0. The Morgan fingerprint density at radius 1 is 1.06 bits per heavy atom. The summed E-state index contributed by atoms with van der Waals surface area (Å²) >= 11 is 0. The fourth-order valence-corrected chi connectivity index (χ4v) is 1.63. The summed E-state index contributed by atoms with van der Waals surface area (Å²) in [5.74, 6) is -0.116. The van der Waals surface area contributed by atoms with Crippen LogP contribution in [0.15, 0.2) is 0 Å². The Kier molecular flexibility index (Phi) is 11.2. The second kappa shape index (κ2) is 12.1. The summed E-state index contributed by atoms with van der Waals surface area (Å²) in [6.45, 7) is 2.45. The first kappa shape index (κ1) is 16.7. The Morgan fingerprint density at radius 3 is 2.17 bits per heavy atom. The summed E-state index contributed by atoms with van der Waals surface area (Å²) in [6, 6.07) is 0. The molecule has 0 aliphatic rings. The van der Waals surface area contributed by atoms with E-state index in [4.69, 9.17) is 4.74 Å². The van der Waals surface area contributed by atoms with Gasteiger partial charge in [-0.05, 0) is 19.8 Å². The molecule has 6 nitrogen and oxygen atoms in total. The van der Waals surface area contributed by atoms with Crippen molar-refractivity contribution < 1.29 is 19.5 Å². The van der Waals surface area contributed by atoms with Crippen LogP contribution in [0.5, 0.6) is 0 Å². The molecular weight excluding hydrogens is 238 g/mol. The van der Waals surface area contributed by atoms with Crippen LogP contribution in [0.1, 0.15) is 58.3 Å². The van der Waals surface area contributed by atoms with Crippen LogP contribution >= 0.6 is 0 Å². The van der Waals surface area contributed by atoms with Gasteiger partial charge < -0.3 is 9.57 Å². The summed E-state index contributed by atoms with van der Waals surface area (Å²) in [7, 11) is 0. The van der Waals surface area contributed by atoms with Gasteiger partial charge in [0, 0.05) is 6.42 Å². The van der Waals surface area contributed by atoms with Crippen LogP contribution in [0.25, 0.3) is 0 Å². The highest BCUT2D eigenvalue weighted by molar-refractivity contribution is 5.69. The largest absolute Gasteiger partial charge is 0.466 e. The van der Waals surface area contributed by atoms with Crippen molar-refractivity contribution in [3.8, 4) is 0 Å². The van der Waals surface area contributed by atoms with Gasteiger partial charge in [-0.2, -0.15) is 0 Å². The van der Waals surface area contributed by atoms with Gasteiger partial charge in [0.25, 0.3) is 5.09 Å².